The highest BCUT2D eigenvalue weighted by atomic mass is 16.8. The molecule has 2 saturated heterocycles. The average molecular weight is 725 g/mol. The molecule has 51 heavy (non-hydrogen) atoms. The van der Waals surface area contributed by atoms with Crippen LogP contribution >= 0.6 is 0 Å². The second kappa shape index (κ2) is 18.3. The summed E-state index contributed by atoms with van der Waals surface area (Å²) in [5.74, 6) is 0.586. The van der Waals surface area contributed by atoms with Gasteiger partial charge in [0, 0.05) is 17.5 Å². The van der Waals surface area contributed by atoms with E-state index in [1.54, 1.807) is 12.1 Å². The number of ether oxygens (including phenoxy) is 5. The van der Waals surface area contributed by atoms with Crippen LogP contribution in [-0.4, -0.2) is 134 Å². The fraction of sp³-hybridized carbons (Fsp3) is 0.639. The van der Waals surface area contributed by atoms with E-state index in [9.17, 15) is 45.6 Å². The SMILES string of the molecule is CC(=CCOc1ccc2ccc(=O)oc2c1)CCC=C(C)CC[C@H](O[C@H]1O[C@H](CO)[C@H](O)[C@H](O)[C@H]1O[C@@H]1O[C@H](CO)[C@H](O)[C@H](O)[C@H]1O)C(C)(C)O. The van der Waals surface area contributed by atoms with E-state index < -0.39 is 92.0 Å². The lowest BCUT2D eigenvalue weighted by molar-refractivity contribution is -0.375. The molecule has 2 aromatic rings. The third kappa shape index (κ3) is 10.9. The molecule has 15 heteroatoms. The number of hydrogen-bond acceptors (Lipinski definition) is 15. The van der Waals surface area contributed by atoms with E-state index in [1.165, 1.54) is 19.9 Å². The van der Waals surface area contributed by atoms with Gasteiger partial charge >= 0.3 is 5.63 Å². The molecule has 0 bridgehead atoms. The molecule has 0 radical (unpaired) electrons. The molecule has 1 aromatic heterocycles. The molecule has 286 valence electrons. The second-order valence-corrected chi connectivity index (χ2v) is 13.7. The highest BCUT2D eigenvalue weighted by Crippen LogP contribution is 2.32. The van der Waals surface area contributed by atoms with Gasteiger partial charge in [-0.2, -0.15) is 0 Å². The third-order valence-corrected chi connectivity index (χ3v) is 9.16. The van der Waals surface area contributed by atoms with Gasteiger partial charge in [-0.05, 0) is 77.7 Å². The van der Waals surface area contributed by atoms with Crippen LogP contribution in [0, 0.1) is 0 Å². The number of hydrogen-bond donors (Lipinski definition) is 8. The van der Waals surface area contributed by atoms with Gasteiger partial charge in [-0.3, -0.25) is 0 Å². The van der Waals surface area contributed by atoms with Crippen LogP contribution in [0.25, 0.3) is 11.0 Å². The fourth-order valence-corrected chi connectivity index (χ4v) is 5.92. The lowest BCUT2D eigenvalue weighted by atomic mass is 9.94. The zero-order valence-electron chi connectivity index (χ0n) is 29.3. The van der Waals surface area contributed by atoms with E-state index in [0.717, 1.165) is 29.4 Å². The molecule has 1 aromatic carbocycles. The summed E-state index contributed by atoms with van der Waals surface area (Å²) >= 11 is 0. The van der Waals surface area contributed by atoms with Crippen LogP contribution in [0.5, 0.6) is 5.75 Å². The molecule has 2 aliphatic heterocycles. The zero-order valence-corrected chi connectivity index (χ0v) is 29.3. The van der Waals surface area contributed by atoms with E-state index in [2.05, 4.69) is 6.08 Å². The van der Waals surface area contributed by atoms with Crippen molar-refractivity contribution in [1.29, 1.82) is 0 Å². The van der Waals surface area contributed by atoms with Gasteiger partial charge in [0.15, 0.2) is 12.6 Å². The minimum Gasteiger partial charge on any atom is -0.489 e. The molecule has 8 N–H and O–H groups in total. The van der Waals surface area contributed by atoms with E-state index >= 15 is 0 Å². The van der Waals surface area contributed by atoms with Crippen LogP contribution in [0.4, 0.5) is 0 Å². The van der Waals surface area contributed by atoms with Gasteiger partial charge in [-0.25, -0.2) is 4.79 Å². The molecule has 0 amide bonds. The maximum absolute atomic E-state index is 11.5. The summed E-state index contributed by atoms with van der Waals surface area (Å²) in [4.78, 5) is 11.5. The Morgan fingerprint density at radius 1 is 0.843 bits per heavy atom. The van der Waals surface area contributed by atoms with Crippen molar-refractivity contribution in [2.24, 2.45) is 0 Å². The fourth-order valence-electron chi connectivity index (χ4n) is 5.92. The van der Waals surface area contributed by atoms with Crippen molar-refractivity contribution in [1.82, 2.24) is 0 Å². The van der Waals surface area contributed by atoms with Gasteiger partial charge in [0.1, 0.15) is 66.8 Å². The number of rotatable bonds is 16. The van der Waals surface area contributed by atoms with E-state index in [4.69, 9.17) is 28.1 Å². The van der Waals surface area contributed by atoms with E-state index in [0.29, 0.717) is 30.8 Å². The smallest absolute Gasteiger partial charge is 0.336 e. The lowest BCUT2D eigenvalue weighted by Crippen LogP contribution is -2.65. The van der Waals surface area contributed by atoms with Gasteiger partial charge in [-0.1, -0.05) is 17.2 Å². The Hall–Kier alpha value is -2.77. The zero-order chi connectivity index (χ0) is 37.5. The van der Waals surface area contributed by atoms with Crippen LogP contribution in [0.15, 0.2) is 62.8 Å². The molecule has 3 heterocycles. The lowest BCUT2D eigenvalue weighted by Gasteiger charge is -2.47. The van der Waals surface area contributed by atoms with Crippen LogP contribution in [0.2, 0.25) is 0 Å². The topological polar surface area (TPSA) is 238 Å². The molecular weight excluding hydrogens is 672 g/mol. The average Bonchev–Trinajstić information content (AvgIpc) is 3.08. The molecule has 4 rings (SSSR count). The first-order valence-electron chi connectivity index (χ1n) is 17.1. The predicted octanol–water partition coefficient (Wildman–Crippen LogP) is 0.405. The van der Waals surface area contributed by atoms with E-state index in [1.807, 2.05) is 32.1 Å². The standard InChI is InChI=1S/C36H52O15/c1-19(6-5-7-20(2)14-15-46-22-11-9-21-10-13-27(39)47-23(21)16-22)8-12-26(36(3,4)45)50-35-33(31(43)29(41)25(18-38)49-35)51-34-32(44)30(42)28(40)24(17-37)48-34/h6,9-11,13-14,16,24-26,28-35,37-38,40-45H,5,7-8,12,15,17-18H2,1-4H3/t24-,25-,26+,28+,29+,30+,31+,32-,33-,34+,35-/m1/s1. The monoisotopic (exact) mass is 724 g/mol. The maximum atomic E-state index is 11.5. The van der Waals surface area contributed by atoms with Gasteiger partial charge in [0.25, 0.3) is 0 Å². The van der Waals surface area contributed by atoms with Crippen molar-refractivity contribution in [2.75, 3.05) is 19.8 Å². The summed E-state index contributed by atoms with van der Waals surface area (Å²) < 4.78 is 34.1. The minimum absolute atomic E-state index is 0.301. The molecular formula is C36H52O15. The maximum Gasteiger partial charge on any atom is 0.336 e. The molecule has 15 nitrogen and oxygen atoms in total. The second-order valence-electron chi connectivity index (χ2n) is 13.7. The summed E-state index contributed by atoms with van der Waals surface area (Å²) in [6.07, 6.45) is -10.4. The normalized spacial score (nSPS) is 31.5. The summed E-state index contributed by atoms with van der Waals surface area (Å²) in [5, 5.41) is 83.5. The highest BCUT2D eigenvalue weighted by molar-refractivity contribution is 5.77. The van der Waals surface area contributed by atoms with Crippen LogP contribution < -0.4 is 10.4 Å². The molecule has 2 aliphatic rings. The van der Waals surface area contributed by atoms with Crippen LogP contribution in [-0.2, 0) is 18.9 Å². The first kappa shape index (κ1) is 41.0. The van der Waals surface area contributed by atoms with Crippen molar-refractivity contribution in [3.05, 3.63) is 64.1 Å². The van der Waals surface area contributed by atoms with Crippen molar-refractivity contribution in [3.63, 3.8) is 0 Å². The predicted molar refractivity (Wildman–Crippen MR) is 182 cm³/mol. The molecule has 0 unspecified atom stereocenters. The Bertz CT molecular complexity index is 1510. The first-order chi connectivity index (χ1) is 24.1. The van der Waals surface area contributed by atoms with Gasteiger partial charge < -0.3 is 69.0 Å². The minimum atomic E-state index is -1.80. The largest absolute Gasteiger partial charge is 0.489 e. The number of allylic oxidation sites excluding steroid dienone is 3. The van der Waals surface area contributed by atoms with Crippen LogP contribution in [0.1, 0.15) is 53.4 Å². The van der Waals surface area contributed by atoms with Crippen molar-refractivity contribution in [2.45, 2.75) is 126 Å². The van der Waals surface area contributed by atoms with Crippen molar-refractivity contribution < 1.29 is 69.0 Å². The third-order valence-electron chi connectivity index (χ3n) is 9.16. The van der Waals surface area contributed by atoms with Gasteiger partial charge in [0.2, 0.25) is 0 Å². The Morgan fingerprint density at radius 3 is 2.14 bits per heavy atom. The van der Waals surface area contributed by atoms with Crippen molar-refractivity contribution >= 4 is 11.0 Å². The summed E-state index contributed by atoms with van der Waals surface area (Å²) in [6.45, 7) is 5.97. The Kier molecular flexibility index (Phi) is 14.7. The van der Waals surface area contributed by atoms with Gasteiger partial charge in [0.05, 0.1) is 24.9 Å². The molecule has 2 fully saturated rings. The first-order valence-corrected chi connectivity index (χ1v) is 17.1. The number of benzene rings is 1. The summed E-state index contributed by atoms with van der Waals surface area (Å²) in [6, 6.07) is 8.38. The van der Waals surface area contributed by atoms with Crippen molar-refractivity contribution in [3.8, 4) is 5.75 Å². The Labute approximate surface area is 295 Å². The number of fused-ring (bicyclic) bond motifs is 1. The van der Waals surface area contributed by atoms with E-state index in [-0.39, 0.29) is 0 Å². The summed E-state index contributed by atoms with van der Waals surface area (Å²) in [5.41, 5.74) is 0.741. The van der Waals surface area contributed by atoms with Gasteiger partial charge in [-0.15, -0.1) is 0 Å². The molecule has 0 spiro atoms. The Morgan fingerprint density at radius 2 is 1.47 bits per heavy atom. The molecule has 0 aliphatic carbocycles. The highest BCUT2D eigenvalue weighted by Gasteiger charge is 2.51. The quantitative estimate of drug-likeness (QED) is 0.0864. The number of aliphatic hydroxyl groups excluding tert-OH is 7. The summed E-state index contributed by atoms with van der Waals surface area (Å²) in [7, 11) is 0. The number of aliphatic hydroxyl groups is 8. The molecule has 11 atom stereocenters. The molecule has 0 saturated carbocycles. The van der Waals surface area contributed by atoms with Crippen LogP contribution in [0.3, 0.4) is 0 Å². The Balaban J connectivity index is 1.34.